The van der Waals surface area contributed by atoms with E-state index >= 15 is 0 Å². The molecule has 0 heterocycles. The number of anilines is 2. The van der Waals surface area contributed by atoms with E-state index in [0.717, 1.165) is 5.56 Å². The second-order valence-electron chi connectivity index (χ2n) is 3.69. The second kappa shape index (κ2) is 4.67. The molecule has 0 spiro atoms. The summed E-state index contributed by atoms with van der Waals surface area (Å²) in [5.41, 5.74) is 3.51. The Morgan fingerprint density at radius 2 is 1.44 bits per heavy atom. The van der Waals surface area contributed by atoms with Gasteiger partial charge in [-0.25, -0.2) is 0 Å². The molecule has 1 heteroatoms. The van der Waals surface area contributed by atoms with Crippen LogP contribution < -0.4 is 4.90 Å². The van der Waals surface area contributed by atoms with E-state index in [4.69, 9.17) is 0 Å². The maximum atomic E-state index is 3.75. The summed E-state index contributed by atoms with van der Waals surface area (Å²) in [5, 5.41) is 0. The zero-order valence-electron chi connectivity index (χ0n) is 9.43. The molecule has 0 saturated carbocycles. The van der Waals surface area contributed by atoms with Gasteiger partial charge in [-0.05, 0) is 29.8 Å². The smallest absolute Gasteiger partial charge is 0.0408 e. The fourth-order valence-corrected chi connectivity index (χ4v) is 1.63. The molecule has 2 aromatic carbocycles. The minimum atomic E-state index is 1.14. The summed E-state index contributed by atoms with van der Waals surface area (Å²) < 4.78 is 0. The Bertz CT molecular complexity index is 457. The number of nitrogens with zero attached hydrogens (tertiary/aromatic N) is 1. The lowest BCUT2D eigenvalue weighted by Gasteiger charge is -2.19. The van der Waals surface area contributed by atoms with Gasteiger partial charge in [0.1, 0.15) is 0 Å². The quantitative estimate of drug-likeness (QED) is 0.735. The molecule has 0 atom stereocenters. The SMILES string of the molecule is C=Cc1ccc(N(C)c2ccccc2)cc1. The van der Waals surface area contributed by atoms with Crippen LogP contribution in [0.25, 0.3) is 6.08 Å². The van der Waals surface area contributed by atoms with Gasteiger partial charge in [0.2, 0.25) is 0 Å². The van der Waals surface area contributed by atoms with Crippen molar-refractivity contribution in [1.29, 1.82) is 0 Å². The van der Waals surface area contributed by atoms with Crippen LogP contribution in [-0.4, -0.2) is 7.05 Å². The molecule has 0 N–H and O–H groups in total. The molecule has 0 fully saturated rings. The van der Waals surface area contributed by atoms with E-state index in [1.165, 1.54) is 11.4 Å². The number of rotatable bonds is 3. The Balaban J connectivity index is 2.27. The highest BCUT2D eigenvalue weighted by atomic mass is 15.1. The first kappa shape index (κ1) is 10.5. The summed E-state index contributed by atoms with van der Waals surface area (Å²) in [5.74, 6) is 0. The van der Waals surface area contributed by atoms with Crippen molar-refractivity contribution in [3.8, 4) is 0 Å². The van der Waals surface area contributed by atoms with Crippen LogP contribution in [0, 0.1) is 0 Å². The van der Waals surface area contributed by atoms with Crippen molar-refractivity contribution in [3.63, 3.8) is 0 Å². The van der Waals surface area contributed by atoms with Crippen LogP contribution in [0.4, 0.5) is 11.4 Å². The first-order valence-electron chi connectivity index (χ1n) is 5.32. The van der Waals surface area contributed by atoms with E-state index in [1.54, 1.807) is 0 Å². The lowest BCUT2D eigenvalue weighted by Crippen LogP contribution is -2.08. The molecular weight excluding hydrogens is 194 g/mol. The summed E-state index contributed by atoms with van der Waals surface area (Å²) in [6, 6.07) is 18.7. The molecule has 0 unspecified atom stereocenters. The predicted molar refractivity (Wildman–Crippen MR) is 71.0 cm³/mol. The van der Waals surface area contributed by atoms with E-state index in [2.05, 4.69) is 54.9 Å². The van der Waals surface area contributed by atoms with Gasteiger partial charge in [-0.2, -0.15) is 0 Å². The van der Waals surface area contributed by atoms with Crippen LogP contribution in [-0.2, 0) is 0 Å². The molecule has 0 amide bonds. The van der Waals surface area contributed by atoms with Gasteiger partial charge in [-0.1, -0.05) is 43.0 Å². The highest BCUT2D eigenvalue weighted by Crippen LogP contribution is 2.23. The molecule has 0 radical (unpaired) electrons. The van der Waals surface area contributed by atoms with Gasteiger partial charge < -0.3 is 4.90 Å². The van der Waals surface area contributed by atoms with Gasteiger partial charge in [0.25, 0.3) is 0 Å². The molecule has 0 saturated heterocycles. The maximum absolute atomic E-state index is 3.75. The summed E-state index contributed by atoms with van der Waals surface area (Å²) in [6.45, 7) is 3.75. The van der Waals surface area contributed by atoms with Crippen molar-refractivity contribution in [1.82, 2.24) is 0 Å². The summed E-state index contributed by atoms with van der Waals surface area (Å²) in [4.78, 5) is 2.16. The highest BCUT2D eigenvalue weighted by molar-refractivity contribution is 5.64. The van der Waals surface area contributed by atoms with Gasteiger partial charge in [0, 0.05) is 18.4 Å². The Hall–Kier alpha value is -2.02. The first-order valence-corrected chi connectivity index (χ1v) is 5.32. The topological polar surface area (TPSA) is 3.24 Å². The Morgan fingerprint density at radius 1 is 0.875 bits per heavy atom. The van der Waals surface area contributed by atoms with Crippen LogP contribution in [0.5, 0.6) is 0 Å². The first-order chi connectivity index (χ1) is 7.81. The predicted octanol–water partition coefficient (Wildman–Crippen LogP) is 4.10. The average Bonchev–Trinajstić information content (AvgIpc) is 2.39. The zero-order chi connectivity index (χ0) is 11.4. The van der Waals surface area contributed by atoms with Crippen LogP contribution in [0.3, 0.4) is 0 Å². The Labute approximate surface area is 96.7 Å². The van der Waals surface area contributed by atoms with Crippen molar-refractivity contribution in [2.45, 2.75) is 0 Å². The fraction of sp³-hybridized carbons (Fsp3) is 0.0667. The van der Waals surface area contributed by atoms with Crippen LogP contribution in [0.1, 0.15) is 5.56 Å². The molecule has 0 bridgehead atoms. The summed E-state index contributed by atoms with van der Waals surface area (Å²) in [7, 11) is 2.07. The van der Waals surface area contributed by atoms with Crippen LogP contribution >= 0.6 is 0 Å². The fourth-order valence-electron chi connectivity index (χ4n) is 1.63. The summed E-state index contributed by atoms with van der Waals surface area (Å²) >= 11 is 0. The molecule has 0 aliphatic carbocycles. The van der Waals surface area contributed by atoms with Gasteiger partial charge in [0.05, 0.1) is 0 Å². The third-order valence-electron chi connectivity index (χ3n) is 2.66. The second-order valence-corrected chi connectivity index (χ2v) is 3.69. The normalized spacial score (nSPS) is 9.81. The van der Waals surface area contributed by atoms with E-state index in [1.807, 2.05) is 24.3 Å². The third-order valence-corrected chi connectivity index (χ3v) is 2.66. The van der Waals surface area contributed by atoms with Crippen molar-refractivity contribution >= 4 is 17.5 Å². The largest absolute Gasteiger partial charge is 0.345 e. The minimum absolute atomic E-state index is 1.14. The van der Waals surface area contributed by atoms with Crippen LogP contribution in [0.2, 0.25) is 0 Å². The molecule has 0 aliphatic rings. The van der Waals surface area contributed by atoms with Crippen LogP contribution in [0.15, 0.2) is 61.2 Å². The van der Waals surface area contributed by atoms with Gasteiger partial charge in [-0.15, -0.1) is 0 Å². The van der Waals surface area contributed by atoms with Crippen molar-refractivity contribution in [3.05, 3.63) is 66.7 Å². The standard InChI is InChI=1S/C15H15N/c1-3-13-9-11-15(12-10-13)16(2)14-7-5-4-6-8-14/h3-12H,1H2,2H3. The molecule has 2 aromatic rings. The van der Waals surface area contributed by atoms with Gasteiger partial charge >= 0.3 is 0 Å². The van der Waals surface area contributed by atoms with Gasteiger partial charge in [0.15, 0.2) is 0 Å². The number of hydrogen-bond acceptors (Lipinski definition) is 1. The average molecular weight is 209 g/mol. The lowest BCUT2D eigenvalue weighted by atomic mass is 10.2. The molecule has 80 valence electrons. The number of benzene rings is 2. The monoisotopic (exact) mass is 209 g/mol. The molecule has 0 aromatic heterocycles. The molecule has 2 rings (SSSR count). The Morgan fingerprint density at radius 3 is 2.00 bits per heavy atom. The molecule has 1 nitrogen and oxygen atoms in total. The van der Waals surface area contributed by atoms with E-state index in [-0.39, 0.29) is 0 Å². The number of hydrogen-bond donors (Lipinski definition) is 0. The van der Waals surface area contributed by atoms with E-state index in [9.17, 15) is 0 Å². The third kappa shape index (κ3) is 2.14. The van der Waals surface area contributed by atoms with Crippen molar-refractivity contribution < 1.29 is 0 Å². The highest BCUT2D eigenvalue weighted by Gasteiger charge is 2.01. The summed E-state index contributed by atoms with van der Waals surface area (Å²) in [6.07, 6.45) is 1.85. The van der Waals surface area contributed by atoms with E-state index in [0.29, 0.717) is 0 Å². The van der Waals surface area contributed by atoms with Crippen molar-refractivity contribution in [2.24, 2.45) is 0 Å². The van der Waals surface area contributed by atoms with Crippen molar-refractivity contribution in [2.75, 3.05) is 11.9 Å². The van der Waals surface area contributed by atoms with E-state index < -0.39 is 0 Å². The Kier molecular flexibility index (Phi) is 3.06. The van der Waals surface area contributed by atoms with Gasteiger partial charge in [-0.3, -0.25) is 0 Å². The minimum Gasteiger partial charge on any atom is -0.345 e. The zero-order valence-corrected chi connectivity index (χ0v) is 9.43. The molecule has 16 heavy (non-hydrogen) atoms. The molecule has 0 aliphatic heterocycles. The molecular formula is C15H15N. The lowest BCUT2D eigenvalue weighted by molar-refractivity contribution is 1.21. The number of para-hydroxylation sites is 1. The maximum Gasteiger partial charge on any atom is 0.0408 e.